The maximum atomic E-state index is 12.2. The molecule has 1 amide bonds. The van der Waals surface area contributed by atoms with E-state index in [4.69, 9.17) is 4.74 Å². The number of nitrogens with zero attached hydrogens (tertiary/aromatic N) is 1. The van der Waals surface area contributed by atoms with E-state index in [1.165, 1.54) is 18.4 Å². The standard InChI is InChI=1S/C17H26N2O4S.ClH/c1-19(14-9-11-18-12-10-14)17(20)4-3-13-23-15-5-7-16(8-6-15)24(2,21)22;/h5-8,14,18H,3-4,9-13H2,1-2H3;1H. The van der Waals surface area contributed by atoms with Gasteiger partial charge in [-0.25, -0.2) is 8.42 Å². The highest BCUT2D eigenvalue weighted by atomic mass is 35.5. The van der Waals surface area contributed by atoms with Crippen molar-refractivity contribution in [2.45, 2.75) is 36.6 Å². The Morgan fingerprint density at radius 2 is 1.84 bits per heavy atom. The van der Waals surface area contributed by atoms with E-state index in [1.807, 2.05) is 11.9 Å². The van der Waals surface area contributed by atoms with Gasteiger partial charge >= 0.3 is 0 Å². The Morgan fingerprint density at radius 1 is 1.24 bits per heavy atom. The van der Waals surface area contributed by atoms with Crippen molar-refractivity contribution in [3.63, 3.8) is 0 Å². The van der Waals surface area contributed by atoms with Crippen molar-refractivity contribution in [2.24, 2.45) is 0 Å². The Labute approximate surface area is 156 Å². The van der Waals surface area contributed by atoms with Crippen molar-refractivity contribution >= 4 is 28.2 Å². The second-order valence-corrected chi connectivity index (χ2v) is 8.20. The number of rotatable bonds is 7. The fourth-order valence-corrected chi connectivity index (χ4v) is 3.40. The van der Waals surface area contributed by atoms with E-state index in [2.05, 4.69) is 5.32 Å². The van der Waals surface area contributed by atoms with Crippen LogP contribution in [-0.4, -0.2) is 58.3 Å². The van der Waals surface area contributed by atoms with Gasteiger partial charge in [0.05, 0.1) is 11.5 Å². The summed E-state index contributed by atoms with van der Waals surface area (Å²) in [4.78, 5) is 14.3. The molecule has 2 rings (SSSR count). The van der Waals surface area contributed by atoms with Crippen LogP contribution in [0.5, 0.6) is 5.75 Å². The van der Waals surface area contributed by atoms with Crippen LogP contribution >= 0.6 is 12.4 Å². The van der Waals surface area contributed by atoms with E-state index >= 15 is 0 Å². The van der Waals surface area contributed by atoms with E-state index < -0.39 is 9.84 Å². The summed E-state index contributed by atoms with van der Waals surface area (Å²) in [6.45, 7) is 2.37. The van der Waals surface area contributed by atoms with Gasteiger partial charge in [0, 0.05) is 25.8 Å². The van der Waals surface area contributed by atoms with Gasteiger partial charge in [0.25, 0.3) is 0 Å². The Hall–Kier alpha value is -1.31. The van der Waals surface area contributed by atoms with Crippen LogP contribution in [0, 0.1) is 0 Å². The zero-order valence-electron chi connectivity index (χ0n) is 14.7. The zero-order valence-corrected chi connectivity index (χ0v) is 16.4. The Kier molecular flexibility index (Phi) is 8.68. The third-order valence-electron chi connectivity index (χ3n) is 4.31. The van der Waals surface area contributed by atoms with Gasteiger partial charge in [-0.1, -0.05) is 0 Å². The summed E-state index contributed by atoms with van der Waals surface area (Å²) in [7, 11) is -1.31. The lowest BCUT2D eigenvalue weighted by atomic mass is 10.0. The predicted octanol–water partition coefficient (Wildman–Crippen LogP) is 1.88. The lowest BCUT2D eigenvalue weighted by Gasteiger charge is -2.31. The average molecular weight is 391 g/mol. The molecule has 25 heavy (non-hydrogen) atoms. The molecule has 1 aromatic rings. The lowest BCUT2D eigenvalue weighted by Crippen LogP contribution is -2.43. The molecular formula is C17H27ClN2O4S. The van der Waals surface area contributed by atoms with Crippen LogP contribution in [-0.2, 0) is 14.6 Å². The van der Waals surface area contributed by atoms with Gasteiger partial charge in [-0.3, -0.25) is 4.79 Å². The van der Waals surface area contributed by atoms with Gasteiger partial charge in [-0.2, -0.15) is 0 Å². The molecule has 0 atom stereocenters. The third kappa shape index (κ3) is 6.84. The fraction of sp³-hybridized carbons (Fsp3) is 0.588. The monoisotopic (exact) mass is 390 g/mol. The average Bonchev–Trinajstić information content (AvgIpc) is 2.58. The van der Waals surface area contributed by atoms with E-state index in [0.717, 1.165) is 25.9 Å². The molecule has 1 aliphatic heterocycles. The highest BCUT2D eigenvalue weighted by Gasteiger charge is 2.21. The molecule has 1 aromatic carbocycles. The second kappa shape index (κ2) is 9.99. The van der Waals surface area contributed by atoms with Crippen molar-refractivity contribution in [1.82, 2.24) is 10.2 Å². The Morgan fingerprint density at radius 3 is 2.40 bits per heavy atom. The zero-order chi connectivity index (χ0) is 17.6. The summed E-state index contributed by atoms with van der Waals surface area (Å²) in [6.07, 6.45) is 4.29. The van der Waals surface area contributed by atoms with Crippen LogP contribution in [0.25, 0.3) is 0 Å². The minimum atomic E-state index is -3.19. The number of sulfone groups is 1. The van der Waals surface area contributed by atoms with Gasteiger partial charge in [0.1, 0.15) is 5.75 Å². The summed E-state index contributed by atoms with van der Waals surface area (Å²) in [5.41, 5.74) is 0. The van der Waals surface area contributed by atoms with Crippen molar-refractivity contribution in [1.29, 1.82) is 0 Å². The first kappa shape index (κ1) is 21.7. The van der Waals surface area contributed by atoms with Crippen molar-refractivity contribution in [2.75, 3.05) is 33.0 Å². The van der Waals surface area contributed by atoms with Crippen molar-refractivity contribution < 1.29 is 17.9 Å². The number of amides is 1. The summed E-state index contributed by atoms with van der Waals surface area (Å²) >= 11 is 0. The molecular weight excluding hydrogens is 364 g/mol. The molecule has 0 radical (unpaired) electrons. The van der Waals surface area contributed by atoms with E-state index in [-0.39, 0.29) is 23.2 Å². The van der Waals surface area contributed by atoms with E-state index in [0.29, 0.717) is 31.2 Å². The number of nitrogens with one attached hydrogen (secondary N) is 1. The minimum absolute atomic E-state index is 0. The SMILES string of the molecule is CN(C(=O)CCCOc1ccc(S(C)(=O)=O)cc1)C1CCNCC1.Cl. The molecule has 0 unspecified atom stereocenters. The first-order chi connectivity index (χ1) is 11.4. The van der Waals surface area contributed by atoms with Gasteiger partial charge in [-0.15, -0.1) is 12.4 Å². The molecule has 1 fully saturated rings. The Bertz CT molecular complexity index is 643. The van der Waals surface area contributed by atoms with Crippen LogP contribution in [0.2, 0.25) is 0 Å². The molecule has 1 N–H and O–H groups in total. The molecule has 1 aliphatic rings. The summed E-state index contributed by atoms with van der Waals surface area (Å²) < 4.78 is 28.3. The third-order valence-corrected chi connectivity index (χ3v) is 5.43. The van der Waals surface area contributed by atoms with Gasteiger partial charge in [-0.05, 0) is 56.6 Å². The molecule has 1 heterocycles. The lowest BCUT2D eigenvalue weighted by molar-refractivity contribution is -0.132. The topological polar surface area (TPSA) is 75.7 Å². The van der Waals surface area contributed by atoms with Gasteiger partial charge in [0.15, 0.2) is 9.84 Å². The summed E-state index contributed by atoms with van der Waals surface area (Å²) in [6, 6.07) is 6.67. The molecule has 0 aliphatic carbocycles. The summed E-state index contributed by atoms with van der Waals surface area (Å²) in [5, 5.41) is 3.30. The number of halogens is 1. The quantitative estimate of drug-likeness (QED) is 0.719. The van der Waals surface area contributed by atoms with Crippen molar-refractivity contribution in [3.8, 4) is 5.75 Å². The smallest absolute Gasteiger partial charge is 0.222 e. The number of carbonyl (C=O) groups is 1. The minimum Gasteiger partial charge on any atom is -0.494 e. The van der Waals surface area contributed by atoms with Crippen LogP contribution in [0.4, 0.5) is 0 Å². The second-order valence-electron chi connectivity index (χ2n) is 6.18. The first-order valence-corrected chi connectivity index (χ1v) is 10.2. The van der Waals surface area contributed by atoms with E-state index in [9.17, 15) is 13.2 Å². The largest absolute Gasteiger partial charge is 0.494 e. The maximum absolute atomic E-state index is 12.2. The predicted molar refractivity (Wildman–Crippen MR) is 100 cm³/mol. The number of carbonyl (C=O) groups excluding carboxylic acids is 1. The number of hydrogen-bond donors (Lipinski definition) is 1. The number of piperidine rings is 1. The highest BCUT2D eigenvalue weighted by Crippen LogP contribution is 2.16. The van der Waals surface area contributed by atoms with Crippen LogP contribution < -0.4 is 10.1 Å². The number of hydrogen-bond acceptors (Lipinski definition) is 5. The molecule has 0 bridgehead atoms. The molecule has 0 spiro atoms. The number of benzene rings is 1. The van der Waals surface area contributed by atoms with Gasteiger partial charge < -0.3 is 15.0 Å². The normalized spacial score (nSPS) is 15.3. The number of ether oxygens (including phenoxy) is 1. The van der Waals surface area contributed by atoms with Crippen LogP contribution in [0.3, 0.4) is 0 Å². The molecule has 6 nitrogen and oxygen atoms in total. The van der Waals surface area contributed by atoms with Crippen LogP contribution in [0.15, 0.2) is 29.2 Å². The fourth-order valence-electron chi connectivity index (χ4n) is 2.77. The summed E-state index contributed by atoms with van der Waals surface area (Å²) in [5.74, 6) is 0.763. The Balaban J connectivity index is 0.00000312. The van der Waals surface area contributed by atoms with Gasteiger partial charge in [0.2, 0.25) is 5.91 Å². The molecule has 8 heteroatoms. The first-order valence-electron chi connectivity index (χ1n) is 8.27. The maximum Gasteiger partial charge on any atom is 0.222 e. The molecule has 0 aromatic heterocycles. The molecule has 0 saturated carbocycles. The van der Waals surface area contributed by atoms with Crippen LogP contribution in [0.1, 0.15) is 25.7 Å². The van der Waals surface area contributed by atoms with E-state index in [1.54, 1.807) is 12.1 Å². The molecule has 142 valence electrons. The molecule has 1 saturated heterocycles. The highest BCUT2D eigenvalue weighted by molar-refractivity contribution is 7.90. The van der Waals surface area contributed by atoms with Crippen molar-refractivity contribution in [3.05, 3.63) is 24.3 Å².